The van der Waals surface area contributed by atoms with Gasteiger partial charge in [-0.25, -0.2) is 13.1 Å². The molecule has 0 bridgehead atoms. The number of ether oxygens (including phenoxy) is 1. The second-order valence-electron chi connectivity index (χ2n) is 4.81. The summed E-state index contributed by atoms with van der Waals surface area (Å²) < 4.78 is 32.5. The third-order valence-electron chi connectivity index (χ3n) is 3.16. The molecule has 1 aromatic carbocycles. The largest absolute Gasteiger partial charge is 0.392 e. The van der Waals surface area contributed by atoms with Crippen molar-refractivity contribution in [2.45, 2.75) is 45.3 Å². The van der Waals surface area contributed by atoms with Gasteiger partial charge in [0.2, 0.25) is 10.0 Å². The van der Waals surface area contributed by atoms with Crippen molar-refractivity contribution in [3.63, 3.8) is 0 Å². The number of sulfonamides is 1. The summed E-state index contributed by atoms with van der Waals surface area (Å²) in [6, 6.07) is 3.30. The van der Waals surface area contributed by atoms with Gasteiger partial charge in [0.05, 0.1) is 17.6 Å². The van der Waals surface area contributed by atoms with Crippen LogP contribution in [-0.2, 0) is 21.4 Å². The van der Waals surface area contributed by atoms with Crippen molar-refractivity contribution in [2.75, 3.05) is 13.2 Å². The van der Waals surface area contributed by atoms with E-state index < -0.39 is 10.0 Å². The molecule has 0 aliphatic carbocycles. The summed E-state index contributed by atoms with van der Waals surface area (Å²) in [4.78, 5) is 0.213. The van der Waals surface area contributed by atoms with E-state index in [1.807, 2.05) is 20.8 Å². The highest BCUT2D eigenvalue weighted by molar-refractivity contribution is 7.89. The molecule has 0 aliphatic rings. The first-order valence-electron chi connectivity index (χ1n) is 6.64. The minimum Gasteiger partial charge on any atom is -0.392 e. The lowest BCUT2D eigenvalue weighted by atomic mass is 10.1. The Morgan fingerprint density at radius 2 is 2.00 bits per heavy atom. The average Bonchev–Trinajstić information content (AvgIpc) is 2.39. The minimum absolute atomic E-state index is 0.182. The minimum atomic E-state index is -3.60. The molecule has 0 saturated carbocycles. The standard InChI is InChI=1S/C14H23NO4S/c1-5-19-11(3)8-15-20(17,18)14-7-13(9-16)6-10(2)12(14)4/h6-7,11,15-16H,5,8-9H2,1-4H3. The van der Waals surface area contributed by atoms with Crippen molar-refractivity contribution in [2.24, 2.45) is 0 Å². The number of benzene rings is 1. The molecule has 0 amide bonds. The zero-order chi connectivity index (χ0) is 15.3. The van der Waals surface area contributed by atoms with Gasteiger partial charge in [-0.3, -0.25) is 0 Å². The highest BCUT2D eigenvalue weighted by Crippen LogP contribution is 2.21. The van der Waals surface area contributed by atoms with Gasteiger partial charge >= 0.3 is 0 Å². The summed E-state index contributed by atoms with van der Waals surface area (Å²) in [6.45, 7) is 7.85. The second kappa shape index (κ2) is 7.17. The summed E-state index contributed by atoms with van der Waals surface area (Å²) in [7, 11) is -3.60. The maximum absolute atomic E-state index is 12.3. The van der Waals surface area contributed by atoms with Gasteiger partial charge in [0, 0.05) is 13.2 Å². The number of hydrogen-bond donors (Lipinski definition) is 2. The Morgan fingerprint density at radius 1 is 1.35 bits per heavy atom. The fraction of sp³-hybridized carbons (Fsp3) is 0.571. The number of aliphatic hydroxyl groups is 1. The normalized spacial score (nSPS) is 13.4. The van der Waals surface area contributed by atoms with Crippen molar-refractivity contribution < 1.29 is 18.3 Å². The third-order valence-corrected chi connectivity index (χ3v) is 4.71. The summed E-state index contributed by atoms with van der Waals surface area (Å²) in [6.07, 6.45) is -0.183. The Balaban J connectivity index is 3.00. The van der Waals surface area contributed by atoms with Crippen LogP contribution in [0.4, 0.5) is 0 Å². The molecule has 0 radical (unpaired) electrons. The van der Waals surface area contributed by atoms with Gasteiger partial charge in [0.1, 0.15) is 0 Å². The molecular formula is C14H23NO4S. The van der Waals surface area contributed by atoms with E-state index in [2.05, 4.69) is 4.72 Å². The number of nitrogens with one attached hydrogen (secondary N) is 1. The smallest absolute Gasteiger partial charge is 0.240 e. The van der Waals surface area contributed by atoms with Crippen molar-refractivity contribution in [1.82, 2.24) is 4.72 Å². The van der Waals surface area contributed by atoms with Gasteiger partial charge < -0.3 is 9.84 Å². The molecule has 114 valence electrons. The van der Waals surface area contributed by atoms with Crippen LogP contribution in [0.1, 0.15) is 30.5 Å². The van der Waals surface area contributed by atoms with Gasteiger partial charge in [0.25, 0.3) is 0 Å². The van der Waals surface area contributed by atoms with Crippen LogP contribution in [0.25, 0.3) is 0 Å². The molecule has 1 atom stereocenters. The van der Waals surface area contributed by atoms with Crippen LogP contribution in [0.15, 0.2) is 17.0 Å². The van der Waals surface area contributed by atoms with E-state index in [0.29, 0.717) is 17.7 Å². The highest BCUT2D eigenvalue weighted by Gasteiger charge is 2.19. The monoisotopic (exact) mass is 301 g/mol. The van der Waals surface area contributed by atoms with Gasteiger partial charge in [-0.15, -0.1) is 0 Å². The summed E-state index contributed by atoms with van der Waals surface area (Å²) in [5, 5.41) is 9.20. The van der Waals surface area contributed by atoms with Gasteiger partial charge in [-0.1, -0.05) is 6.07 Å². The van der Waals surface area contributed by atoms with Crippen molar-refractivity contribution in [1.29, 1.82) is 0 Å². The van der Waals surface area contributed by atoms with Crippen molar-refractivity contribution >= 4 is 10.0 Å². The second-order valence-corrected chi connectivity index (χ2v) is 6.55. The van der Waals surface area contributed by atoms with E-state index in [9.17, 15) is 13.5 Å². The fourth-order valence-corrected chi connectivity index (χ4v) is 3.40. The zero-order valence-electron chi connectivity index (χ0n) is 12.4. The molecule has 2 N–H and O–H groups in total. The van der Waals surface area contributed by atoms with Crippen LogP contribution < -0.4 is 4.72 Å². The number of hydrogen-bond acceptors (Lipinski definition) is 4. The van der Waals surface area contributed by atoms with Crippen LogP contribution in [-0.4, -0.2) is 32.8 Å². The molecule has 20 heavy (non-hydrogen) atoms. The van der Waals surface area contributed by atoms with E-state index in [4.69, 9.17) is 4.74 Å². The molecule has 0 spiro atoms. The Bertz CT molecular complexity index is 555. The number of aliphatic hydroxyl groups excluding tert-OH is 1. The first-order chi connectivity index (χ1) is 9.31. The predicted octanol–water partition coefficient (Wildman–Crippen LogP) is 1.50. The third kappa shape index (κ3) is 4.28. The first kappa shape index (κ1) is 17.1. The first-order valence-corrected chi connectivity index (χ1v) is 8.12. The molecular weight excluding hydrogens is 278 g/mol. The zero-order valence-corrected chi connectivity index (χ0v) is 13.3. The lowest BCUT2D eigenvalue weighted by Gasteiger charge is -2.15. The SMILES string of the molecule is CCOC(C)CNS(=O)(=O)c1cc(CO)cc(C)c1C. The Kier molecular flexibility index (Phi) is 6.13. The lowest BCUT2D eigenvalue weighted by Crippen LogP contribution is -2.32. The molecule has 6 heteroatoms. The summed E-state index contributed by atoms with van der Waals surface area (Å²) in [5.74, 6) is 0. The van der Waals surface area contributed by atoms with Crippen molar-refractivity contribution in [3.05, 3.63) is 28.8 Å². The highest BCUT2D eigenvalue weighted by atomic mass is 32.2. The molecule has 0 aromatic heterocycles. The molecule has 1 rings (SSSR count). The van der Waals surface area contributed by atoms with E-state index in [-0.39, 0.29) is 24.2 Å². The predicted molar refractivity (Wildman–Crippen MR) is 78.1 cm³/mol. The Morgan fingerprint density at radius 3 is 2.55 bits per heavy atom. The van der Waals surface area contributed by atoms with Crippen LogP contribution in [0.5, 0.6) is 0 Å². The Labute approximate surface area is 121 Å². The van der Waals surface area contributed by atoms with Crippen LogP contribution in [0.3, 0.4) is 0 Å². The number of aryl methyl sites for hydroxylation is 1. The van der Waals surface area contributed by atoms with E-state index in [0.717, 1.165) is 5.56 Å². The Hall–Kier alpha value is -0.950. The molecule has 0 fully saturated rings. The van der Waals surface area contributed by atoms with Crippen molar-refractivity contribution in [3.8, 4) is 0 Å². The van der Waals surface area contributed by atoms with Gasteiger partial charge in [0.15, 0.2) is 0 Å². The summed E-state index contributed by atoms with van der Waals surface area (Å²) >= 11 is 0. The van der Waals surface area contributed by atoms with Crippen LogP contribution in [0.2, 0.25) is 0 Å². The molecule has 0 aliphatic heterocycles. The van der Waals surface area contributed by atoms with Crippen LogP contribution >= 0.6 is 0 Å². The average molecular weight is 301 g/mol. The molecule has 0 heterocycles. The quantitative estimate of drug-likeness (QED) is 0.800. The lowest BCUT2D eigenvalue weighted by molar-refractivity contribution is 0.0799. The van der Waals surface area contributed by atoms with E-state index in [1.165, 1.54) is 6.07 Å². The van der Waals surface area contributed by atoms with Gasteiger partial charge in [-0.2, -0.15) is 0 Å². The van der Waals surface area contributed by atoms with E-state index >= 15 is 0 Å². The molecule has 5 nitrogen and oxygen atoms in total. The number of rotatable bonds is 7. The topological polar surface area (TPSA) is 75.6 Å². The maximum Gasteiger partial charge on any atom is 0.240 e. The molecule has 1 aromatic rings. The molecule has 0 saturated heterocycles. The fourth-order valence-electron chi connectivity index (χ4n) is 1.92. The van der Waals surface area contributed by atoms with Crippen LogP contribution in [0, 0.1) is 13.8 Å². The van der Waals surface area contributed by atoms with Gasteiger partial charge in [-0.05, 0) is 50.5 Å². The molecule has 1 unspecified atom stereocenters. The van der Waals surface area contributed by atoms with E-state index in [1.54, 1.807) is 13.0 Å². The maximum atomic E-state index is 12.3. The summed E-state index contributed by atoms with van der Waals surface area (Å²) in [5.41, 5.74) is 2.12.